The number of nitrogens with zero attached hydrogens (tertiary/aromatic N) is 1. The van der Waals surface area contributed by atoms with Crippen LogP contribution in [0.4, 0.5) is 5.69 Å². The Morgan fingerprint density at radius 2 is 2.12 bits per heavy atom. The third-order valence-corrected chi connectivity index (χ3v) is 2.69. The van der Waals surface area contributed by atoms with Crippen molar-refractivity contribution in [1.82, 2.24) is 4.98 Å². The Morgan fingerprint density at radius 1 is 1.24 bits per heavy atom. The van der Waals surface area contributed by atoms with Crippen molar-refractivity contribution in [3.05, 3.63) is 59.4 Å². The third kappa shape index (κ3) is 3.04. The van der Waals surface area contributed by atoms with Gasteiger partial charge in [0.1, 0.15) is 0 Å². The highest BCUT2D eigenvalue weighted by molar-refractivity contribution is 5.52. The number of hydrogen-bond acceptors (Lipinski definition) is 3. The van der Waals surface area contributed by atoms with Crippen LogP contribution in [-0.4, -0.2) is 10.1 Å². The van der Waals surface area contributed by atoms with E-state index in [0.717, 1.165) is 23.4 Å². The lowest BCUT2D eigenvalue weighted by Gasteiger charge is -2.10. The summed E-state index contributed by atoms with van der Waals surface area (Å²) in [6.45, 7) is 2.86. The summed E-state index contributed by atoms with van der Waals surface area (Å²) in [5, 5.41) is 12.5. The van der Waals surface area contributed by atoms with E-state index in [1.807, 2.05) is 43.5 Å². The molecule has 0 aliphatic rings. The predicted molar refractivity (Wildman–Crippen MR) is 68.7 cm³/mol. The number of aryl methyl sites for hydroxylation is 1. The van der Waals surface area contributed by atoms with Crippen LogP contribution in [0.15, 0.2) is 42.7 Å². The fourth-order valence-electron chi connectivity index (χ4n) is 1.66. The molecule has 1 heterocycles. The number of hydrogen-bond donors (Lipinski definition) is 2. The van der Waals surface area contributed by atoms with Crippen LogP contribution in [0.25, 0.3) is 0 Å². The molecule has 0 saturated carbocycles. The molecule has 0 saturated heterocycles. The van der Waals surface area contributed by atoms with Crippen molar-refractivity contribution in [3.8, 4) is 0 Å². The SMILES string of the molecule is Cc1ccc(CO)cc1NCc1cccnc1. The minimum Gasteiger partial charge on any atom is -0.392 e. The van der Waals surface area contributed by atoms with E-state index in [4.69, 9.17) is 5.11 Å². The fraction of sp³-hybridized carbons (Fsp3) is 0.214. The summed E-state index contributed by atoms with van der Waals surface area (Å²) in [5.74, 6) is 0. The van der Waals surface area contributed by atoms with E-state index in [2.05, 4.69) is 10.3 Å². The summed E-state index contributed by atoms with van der Waals surface area (Å²) < 4.78 is 0. The van der Waals surface area contributed by atoms with E-state index >= 15 is 0 Å². The average molecular weight is 228 g/mol. The predicted octanol–water partition coefficient (Wildman–Crippen LogP) is 2.49. The van der Waals surface area contributed by atoms with Crippen molar-refractivity contribution in [3.63, 3.8) is 0 Å². The summed E-state index contributed by atoms with van der Waals surface area (Å²) >= 11 is 0. The van der Waals surface area contributed by atoms with Gasteiger partial charge in [0.05, 0.1) is 6.61 Å². The molecule has 3 nitrogen and oxygen atoms in total. The first-order valence-electron chi connectivity index (χ1n) is 5.63. The minimum atomic E-state index is 0.0713. The molecule has 2 aromatic rings. The lowest BCUT2D eigenvalue weighted by molar-refractivity contribution is 0.282. The van der Waals surface area contributed by atoms with Crippen molar-refractivity contribution in [1.29, 1.82) is 0 Å². The molecule has 3 heteroatoms. The first-order valence-corrected chi connectivity index (χ1v) is 5.63. The number of aliphatic hydroxyl groups excluding tert-OH is 1. The molecule has 0 aliphatic heterocycles. The van der Waals surface area contributed by atoms with Crippen LogP contribution in [0, 0.1) is 6.92 Å². The first-order chi connectivity index (χ1) is 8.29. The fourth-order valence-corrected chi connectivity index (χ4v) is 1.66. The number of rotatable bonds is 4. The summed E-state index contributed by atoms with van der Waals surface area (Å²) in [4.78, 5) is 4.07. The Bertz CT molecular complexity index is 483. The molecule has 2 N–H and O–H groups in total. The molecule has 0 atom stereocenters. The molecule has 0 radical (unpaired) electrons. The van der Waals surface area contributed by atoms with Gasteiger partial charge in [-0.05, 0) is 35.7 Å². The van der Waals surface area contributed by atoms with E-state index in [9.17, 15) is 0 Å². The number of aliphatic hydroxyl groups is 1. The first kappa shape index (κ1) is 11.6. The van der Waals surface area contributed by atoms with Crippen LogP contribution in [-0.2, 0) is 13.2 Å². The maximum atomic E-state index is 9.10. The van der Waals surface area contributed by atoms with Crippen LogP contribution >= 0.6 is 0 Å². The summed E-state index contributed by atoms with van der Waals surface area (Å²) in [6, 6.07) is 9.88. The largest absolute Gasteiger partial charge is 0.392 e. The lowest BCUT2D eigenvalue weighted by Crippen LogP contribution is -2.02. The van der Waals surface area contributed by atoms with Gasteiger partial charge in [0.25, 0.3) is 0 Å². The van der Waals surface area contributed by atoms with Gasteiger partial charge in [-0.25, -0.2) is 0 Å². The van der Waals surface area contributed by atoms with Gasteiger partial charge in [0.15, 0.2) is 0 Å². The number of benzene rings is 1. The molecule has 0 aliphatic carbocycles. The molecular formula is C14H16N2O. The van der Waals surface area contributed by atoms with E-state index in [-0.39, 0.29) is 6.61 Å². The van der Waals surface area contributed by atoms with Gasteiger partial charge in [0.2, 0.25) is 0 Å². The highest BCUT2D eigenvalue weighted by Crippen LogP contribution is 2.17. The lowest BCUT2D eigenvalue weighted by atomic mass is 10.1. The van der Waals surface area contributed by atoms with E-state index in [1.165, 1.54) is 5.56 Å². The molecule has 0 spiro atoms. The second-order valence-corrected chi connectivity index (χ2v) is 4.02. The minimum absolute atomic E-state index is 0.0713. The van der Waals surface area contributed by atoms with E-state index in [0.29, 0.717) is 0 Å². The van der Waals surface area contributed by atoms with E-state index in [1.54, 1.807) is 6.20 Å². The zero-order chi connectivity index (χ0) is 12.1. The summed E-state index contributed by atoms with van der Waals surface area (Å²) in [7, 11) is 0. The van der Waals surface area contributed by atoms with Gasteiger partial charge in [-0.3, -0.25) is 4.98 Å². The maximum Gasteiger partial charge on any atom is 0.0682 e. The highest BCUT2D eigenvalue weighted by Gasteiger charge is 2.00. The summed E-state index contributed by atoms with van der Waals surface area (Å²) in [6.07, 6.45) is 3.61. The Labute approximate surface area is 101 Å². The van der Waals surface area contributed by atoms with Gasteiger partial charge in [-0.2, -0.15) is 0 Å². The van der Waals surface area contributed by atoms with Crippen LogP contribution < -0.4 is 5.32 Å². The Morgan fingerprint density at radius 3 is 2.82 bits per heavy atom. The molecule has 0 unspecified atom stereocenters. The van der Waals surface area contributed by atoms with Gasteiger partial charge in [-0.15, -0.1) is 0 Å². The van der Waals surface area contributed by atoms with Crippen molar-refractivity contribution in [2.45, 2.75) is 20.1 Å². The molecule has 2 rings (SSSR count). The van der Waals surface area contributed by atoms with Gasteiger partial charge < -0.3 is 10.4 Å². The number of nitrogens with one attached hydrogen (secondary N) is 1. The average Bonchev–Trinajstić information content (AvgIpc) is 2.39. The van der Waals surface area contributed by atoms with Crippen molar-refractivity contribution in [2.24, 2.45) is 0 Å². The van der Waals surface area contributed by atoms with Crippen molar-refractivity contribution >= 4 is 5.69 Å². The highest BCUT2D eigenvalue weighted by atomic mass is 16.3. The molecule has 0 bridgehead atoms. The molecule has 1 aromatic heterocycles. The van der Waals surface area contributed by atoms with Gasteiger partial charge in [-0.1, -0.05) is 18.2 Å². The van der Waals surface area contributed by atoms with Gasteiger partial charge >= 0.3 is 0 Å². The summed E-state index contributed by atoms with van der Waals surface area (Å²) in [5.41, 5.74) is 4.29. The van der Waals surface area contributed by atoms with Crippen LogP contribution in [0.3, 0.4) is 0 Å². The second kappa shape index (κ2) is 5.46. The van der Waals surface area contributed by atoms with Crippen molar-refractivity contribution in [2.75, 3.05) is 5.32 Å². The maximum absolute atomic E-state index is 9.10. The quantitative estimate of drug-likeness (QED) is 0.845. The molecule has 1 aromatic carbocycles. The number of anilines is 1. The Hall–Kier alpha value is -1.87. The van der Waals surface area contributed by atoms with Crippen molar-refractivity contribution < 1.29 is 5.11 Å². The standard InChI is InChI=1S/C14H16N2O/c1-11-4-5-12(10-17)7-14(11)16-9-13-3-2-6-15-8-13/h2-8,16-17H,9-10H2,1H3. The number of aromatic nitrogens is 1. The molecule has 0 fully saturated rings. The molecular weight excluding hydrogens is 212 g/mol. The smallest absolute Gasteiger partial charge is 0.0682 e. The van der Waals surface area contributed by atoms with Gasteiger partial charge in [0, 0.05) is 24.6 Å². The van der Waals surface area contributed by atoms with E-state index < -0.39 is 0 Å². The second-order valence-electron chi connectivity index (χ2n) is 4.02. The third-order valence-electron chi connectivity index (χ3n) is 2.69. The molecule has 17 heavy (non-hydrogen) atoms. The van der Waals surface area contributed by atoms with Crippen LogP contribution in [0.5, 0.6) is 0 Å². The molecule has 88 valence electrons. The topological polar surface area (TPSA) is 45.1 Å². The number of pyridine rings is 1. The van der Waals surface area contributed by atoms with Crippen LogP contribution in [0.1, 0.15) is 16.7 Å². The van der Waals surface area contributed by atoms with Crippen LogP contribution in [0.2, 0.25) is 0 Å². The zero-order valence-corrected chi connectivity index (χ0v) is 9.85. The molecule has 0 amide bonds. The Kier molecular flexibility index (Phi) is 3.73. The zero-order valence-electron chi connectivity index (χ0n) is 9.85. The Balaban J connectivity index is 2.08. The monoisotopic (exact) mass is 228 g/mol. The normalized spacial score (nSPS) is 10.2.